The van der Waals surface area contributed by atoms with E-state index in [-0.39, 0.29) is 23.6 Å². The van der Waals surface area contributed by atoms with E-state index < -0.39 is 5.60 Å². The second-order valence-corrected chi connectivity index (χ2v) is 10.4. The zero-order chi connectivity index (χ0) is 24.7. The summed E-state index contributed by atoms with van der Waals surface area (Å²) in [5, 5.41) is 8.50. The number of anilines is 1. The molecule has 0 unspecified atom stereocenters. The van der Waals surface area contributed by atoms with Gasteiger partial charge >= 0.3 is 12.1 Å². The molecule has 0 spiro atoms. The number of amides is 3. The molecule has 0 atom stereocenters. The van der Waals surface area contributed by atoms with Crippen LogP contribution in [0, 0.1) is 0 Å². The fourth-order valence-corrected chi connectivity index (χ4v) is 4.98. The molecule has 1 aromatic carbocycles. The molecule has 4 heterocycles. The first-order valence-electron chi connectivity index (χ1n) is 12.3. The molecule has 2 aliphatic rings. The molecule has 0 saturated carbocycles. The molecule has 2 aliphatic heterocycles. The summed E-state index contributed by atoms with van der Waals surface area (Å²) >= 11 is 0. The van der Waals surface area contributed by atoms with Crippen LogP contribution < -0.4 is 10.9 Å². The van der Waals surface area contributed by atoms with Gasteiger partial charge in [0.2, 0.25) is 0 Å². The second kappa shape index (κ2) is 8.90. The summed E-state index contributed by atoms with van der Waals surface area (Å²) in [6, 6.07) is 7.02. The quantitative estimate of drug-likeness (QED) is 0.577. The third kappa shape index (κ3) is 4.69. The lowest BCUT2D eigenvalue weighted by Gasteiger charge is -2.33. The largest absolute Gasteiger partial charge is 0.444 e. The van der Waals surface area contributed by atoms with Crippen LogP contribution in [0.15, 0.2) is 29.1 Å². The van der Waals surface area contributed by atoms with Gasteiger partial charge in [-0.2, -0.15) is 5.10 Å². The van der Waals surface area contributed by atoms with Crippen LogP contribution in [-0.4, -0.2) is 68.3 Å². The third-order valence-electron chi connectivity index (χ3n) is 6.66. The highest BCUT2D eigenvalue weighted by atomic mass is 16.6. The molecule has 0 bridgehead atoms. The Morgan fingerprint density at radius 3 is 2.49 bits per heavy atom. The summed E-state index contributed by atoms with van der Waals surface area (Å²) in [6.07, 6.45) is 3.12. The maximum Gasteiger partial charge on any atom is 0.410 e. The van der Waals surface area contributed by atoms with Crippen molar-refractivity contribution in [3.8, 4) is 0 Å². The van der Waals surface area contributed by atoms with Gasteiger partial charge < -0.3 is 24.8 Å². The molecule has 2 fully saturated rings. The maximum absolute atomic E-state index is 12.7. The number of fused-ring (bicyclic) bond motifs is 3. The van der Waals surface area contributed by atoms with Gasteiger partial charge in [-0.05, 0) is 58.6 Å². The summed E-state index contributed by atoms with van der Waals surface area (Å²) in [4.78, 5) is 44.3. The van der Waals surface area contributed by atoms with E-state index in [1.54, 1.807) is 20.4 Å². The number of ether oxygens (including phenoxy) is 1. The minimum Gasteiger partial charge on any atom is -0.444 e. The number of aromatic amines is 1. The highest BCUT2D eigenvalue weighted by Gasteiger charge is 2.29. The number of hydrogen-bond acceptors (Lipinski definition) is 5. The SMILES string of the molecule is CC(C)(C)OC(=O)N1CCC(c2cc(=O)[nH]c3c4c(NC(=O)N5CCCC5)cccc4nn23)CC1. The molecular weight excluding hydrogens is 448 g/mol. The van der Waals surface area contributed by atoms with Gasteiger partial charge in [0.05, 0.1) is 22.3 Å². The fraction of sp³-hybridized carbons (Fsp3) is 0.520. The highest BCUT2D eigenvalue weighted by molar-refractivity contribution is 6.07. The zero-order valence-electron chi connectivity index (χ0n) is 20.5. The monoisotopic (exact) mass is 480 g/mol. The van der Waals surface area contributed by atoms with Crippen molar-refractivity contribution in [2.45, 2.75) is 58.0 Å². The van der Waals surface area contributed by atoms with Gasteiger partial charge in [0.15, 0.2) is 0 Å². The number of carbonyl (C=O) groups excluding carboxylic acids is 2. The van der Waals surface area contributed by atoms with Crippen LogP contribution in [0.3, 0.4) is 0 Å². The van der Waals surface area contributed by atoms with Crippen LogP contribution in [0.1, 0.15) is 58.1 Å². The second-order valence-electron chi connectivity index (χ2n) is 10.4. The predicted molar refractivity (Wildman–Crippen MR) is 133 cm³/mol. The smallest absolute Gasteiger partial charge is 0.410 e. The Hall–Kier alpha value is -3.56. The molecule has 35 heavy (non-hydrogen) atoms. The first-order chi connectivity index (χ1) is 16.7. The Labute approximate surface area is 203 Å². The first kappa shape index (κ1) is 23.2. The molecule has 2 saturated heterocycles. The normalized spacial score (nSPS) is 17.3. The van der Waals surface area contributed by atoms with Crippen molar-refractivity contribution in [3.05, 3.63) is 40.3 Å². The summed E-state index contributed by atoms with van der Waals surface area (Å²) in [6.45, 7) is 8.16. The van der Waals surface area contributed by atoms with E-state index >= 15 is 0 Å². The Morgan fingerprint density at radius 1 is 1.09 bits per heavy atom. The van der Waals surface area contributed by atoms with Gasteiger partial charge in [0.1, 0.15) is 11.2 Å². The van der Waals surface area contributed by atoms with Crippen molar-refractivity contribution in [3.63, 3.8) is 0 Å². The number of rotatable bonds is 2. The van der Waals surface area contributed by atoms with Crippen molar-refractivity contribution in [2.24, 2.45) is 0 Å². The van der Waals surface area contributed by atoms with E-state index in [4.69, 9.17) is 9.84 Å². The number of urea groups is 1. The zero-order valence-corrected chi connectivity index (χ0v) is 20.5. The molecule has 5 rings (SSSR count). The van der Waals surface area contributed by atoms with Gasteiger partial charge in [0, 0.05) is 38.2 Å². The minimum atomic E-state index is -0.538. The number of hydrogen-bond donors (Lipinski definition) is 2. The van der Waals surface area contributed by atoms with Gasteiger partial charge in [-0.15, -0.1) is 0 Å². The predicted octanol–water partition coefficient (Wildman–Crippen LogP) is 3.92. The van der Waals surface area contributed by atoms with E-state index in [0.29, 0.717) is 48.2 Å². The number of nitrogens with zero attached hydrogens (tertiary/aromatic N) is 4. The summed E-state index contributed by atoms with van der Waals surface area (Å²) < 4.78 is 7.29. The van der Waals surface area contributed by atoms with E-state index in [0.717, 1.165) is 31.6 Å². The highest BCUT2D eigenvalue weighted by Crippen LogP contribution is 2.32. The molecule has 10 heteroatoms. The van der Waals surface area contributed by atoms with Gasteiger partial charge in [0.25, 0.3) is 5.56 Å². The minimum absolute atomic E-state index is 0.0652. The van der Waals surface area contributed by atoms with Crippen molar-refractivity contribution in [1.29, 1.82) is 0 Å². The fourth-order valence-electron chi connectivity index (χ4n) is 4.98. The number of benzene rings is 1. The molecule has 10 nitrogen and oxygen atoms in total. The molecule has 186 valence electrons. The molecule has 2 N–H and O–H groups in total. The summed E-state index contributed by atoms with van der Waals surface area (Å²) in [5.41, 5.74) is 1.93. The third-order valence-corrected chi connectivity index (χ3v) is 6.66. The lowest BCUT2D eigenvalue weighted by atomic mass is 9.93. The van der Waals surface area contributed by atoms with Crippen LogP contribution in [-0.2, 0) is 4.74 Å². The molecule has 0 aliphatic carbocycles. The molecule has 0 radical (unpaired) electrons. The molecule has 2 aromatic heterocycles. The standard InChI is InChI=1S/C25H32N6O4/c1-25(2,3)35-24(34)30-13-9-16(10-14-30)19-15-20(32)27-22-21-17(7-6-8-18(21)28-31(19)22)26-23(33)29-11-4-5-12-29/h6-8,15-16H,4-5,9-14H2,1-3H3,(H,26,33)(H,27,32). The number of nitrogens with one attached hydrogen (secondary N) is 2. The van der Waals surface area contributed by atoms with Crippen LogP contribution >= 0.6 is 0 Å². The molecule has 3 amide bonds. The van der Waals surface area contributed by atoms with E-state index in [2.05, 4.69) is 10.3 Å². The van der Waals surface area contributed by atoms with Crippen molar-refractivity contribution in [1.82, 2.24) is 24.4 Å². The topological polar surface area (TPSA) is 112 Å². The lowest BCUT2D eigenvalue weighted by Crippen LogP contribution is -2.41. The number of carbonyl (C=O) groups is 2. The maximum atomic E-state index is 12.7. The Kier molecular flexibility index (Phi) is 5.90. The average molecular weight is 481 g/mol. The first-order valence-corrected chi connectivity index (χ1v) is 12.3. The van der Waals surface area contributed by atoms with Gasteiger partial charge in [-0.3, -0.25) is 4.79 Å². The number of likely N-dealkylation sites (tertiary alicyclic amines) is 2. The van der Waals surface area contributed by atoms with Crippen LogP contribution in [0.2, 0.25) is 0 Å². The van der Waals surface area contributed by atoms with Crippen LogP contribution in [0.4, 0.5) is 15.3 Å². The Bertz CT molecular complexity index is 1320. The van der Waals surface area contributed by atoms with Gasteiger partial charge in [-0.25, -0.2) is 14.1 Å². The van der Waals surface area contributed by atoms with Crippen molar-refractivity contribution < 1.29 is 14.3 Å². The number of H-pyrrole nitrogens is 1. The van der Waals surface area contributed by atoms with Gasteiger partial charge in [-0.1, -0.05) is 6.07 Å². The lowest BCUT2D eigenvalue weighted by molar-refractivity contribution is 0.0203. The van der Waals surface area contributed by atoms with E-state index in [9.17, 15) is 14.4 Å². The average Bonchev–Trinajstić information content (AvgIpc) is 3.46. The van der Waals surface area contributed by atoms with Crippen molar-refractivity contribution >= 4 is 34.4 Å². The molecule has 3 aromatic rings. The number of piperidine rings is 1. The van der Waals surface area contributed by atoms with Crippen LogP contribution in [0.25, 0.3) is 16.6 Å². The summed E-state index contributed by atoms with van der Waals surface area (Å²) in [5.74, 6) is 0.0652. The Morgan fingerprint density at radius 2 is 1.80 bits per heavy atom. The van der Waals surface area contributed by atoms with Crippen molar-refractivity contribution in [2.75, 3.05) is 31.5 Å². The number of aromatic nitrogens is 3. The van der Waals surface area contributed by atoms with E-state index in [1.165, 1.54) is 0 Å². The van der Waals surface area contributed by atoms with Crippen LogP contribution in [0.5, 0.6) is 0 Å². The van der Waals surface area contributed by atoms with E-state index in [1.807, 2.05) is 39.0 Å². The summed E-state index contributed by atoms with van der Waals surface area (Å²) in [7, 11) is 0. The molecular formula is C25H32N6O4. The Balaban J connectivity index is 1.44.